The molecule has 0 radical (unpaired) electrons. The SMILES string of the molecule is CCNC(Cc1nc(C2CCOC2)no1)c1ccccc1. The predicted molar refractivity (Wildman–Crippen MR) is 79.0 cm³/mol. The van der Waals surface area contributed by atoms with E-state index in [0.29, 0.717) is 18.9 Å². The van der Waals surface area contributed by atoms with Gasteiger partial charge >= 0.3 is 0 Å². The van der Waals surface area contributed by atoms with Crippen LogP contribution in [0.1, 0.15) is 42.6 Å². The summed E-state index contributed by atoms with van der Waals surface area (Å²) in [5.41, 5.74) is 1.24. The van der Waals surface area contributed by atoms with Gasteiger partial charge in [0, 0.05) is 25.0 Å². The average molecular weight is 287 g/mol. The number of rotatable bonds is 6. The molecule has 2 heterocycles. The summed E-state index contributed by atoms with van der Waals surface area (Å²) >= 11 is 0. The van der Waals surface area contributed by atoms with Crippen LogP contribution in [0.5, 0.6) is 0 Å². The van der Waals surface area contributed by atoms with Gasteiger partial charge in [-0.25, -0.2) is 0 Å². The van der Waals surface area contributed by atoms with Gasteiger partial charge in [-0.05, 0) is 18.5 Å². The lowest BCUT2D eigenvalue weighted by atomic mass is 10.0. The van der Waals surface area contributed by atoms with Gasteiger partial charge in [-0.3, -0.25) is 0 Å². The second-order valence-corrected chi connectivity index (χ2v) is 5.33. The molecule has 0 saturated carbocycles. The number of nitrogens with zero attached hydrogens (tertiary/aromatic N) is 2. The highest BCUT2D eigenvalue weighted by atomic mass is 16.5. The van der Waals surface area contributed by atoms with Crippen LogP contribution in [0.4, 0.5) is 0 Å². The van der Waals surface area contributed by atoms with Gasteiger partial charge < -0.3 is 14.6 Å². The number of nitrogens with one attached hydrogen (secondary N) is 1. The lowest BCUT2D eigenvalue weighted by Gasteiger charge is -2.16. The molecule has 1 N–H and O–H groups in total. The largest absolute Gasteiger partial charge is 0.381 e. The van der Waals surface area contributed by atoms with E-state index in [1.165, 1.54) is 5.56 Å². The molecule has 5 nitrogen and oxygen atoms in total. The topological polar surface area (TPSA) is 60.2 Å². The average Bonchev–Trinajstić information content (AvgIpc) is 3.19. The quantitative estimate of drug-likeness (QED) is 0.884. The normalized spacial score (nSPS) is 19.8. The Bertz CT molecular complexity index is 550. The van der Waals surface area contributed by atoms with Gasteiger partial charge in [0.25, 0.3) is 0 Å². The Kier molecular flexibility index (Phi) is 4.62. The van der Waals surface area contributed by atoms with Crippen molar-refractivity contribution in [2.75, 3.05) is 19.8 Å². The van der Waals surface area contributed by atoms with Crippen LogP contribution in [0, 0.1) is 0 Å². The van der Waals surface area contributed by atoms with E-state index in [0.717, 1.165) is 25.4 Å². The van der Waals surface area contributed by atoms with Crippen molar-refractivity contribution in [2.45, 2.75) is 31.7 Å². The first-order chi connectivity index (χ1) is 10.4. The highest BCUT2D eigenvalue weighted by Crippen LogP contribution is 2.24. The third kappa shape index (κ3) is 3.49. The molecule has 1 fully saturated rings. The van der Waals surface area contributed by atoms with E-state index in [1.54, 1.807) is 0 Å². The Balaban J connectivity index is 1.71. The van der Waals surface area contributed by atoms with Gasteiger partial charge in [0.05, 0.1) is 6.61 Å². The molecule has 1 aliphatic heterocycles. The van der Waals surface area contributed by atoms with Gasteiger partial charge in [0.1, 0.15) is 0 Å². The third-order valence-electron chi connectivity index (χ3n) is 3.81. The van der Waals surface area contributed by atoms with Crippen molar-refractivity contribution >= 4 is 0 Å². The first-order valence-corrected chi connectivity index (χ1v) is 7.55. The second-order valence-electron chi connectivity index (χ2n) is 5.33. The van der Waals surface area contributed by atoms with Crippen molar-refractivity contribution in [3.05, 3.63) is 47.6 Å². The van der Waals surface area contributed by atoms with Crippen molar-refractivity contribution in [2.24, 2.45) is 0 Å². The molecule has 1 aromatic heterocycles. The van der Waals surface area contributed by atoms with E-state index in [-0.39, 0.29) is 12.0 Å². The number of benzene rings is 1. The summed E-state index contributed by atoms with van der Waals surface area (Å²) in [6, 6.07) is 10.6. The molecule has 5 heteroatoms. The number of hydrogen-bond acceptors (Lipinski definition) is 5. The van der Waals surface area contributed by atoms with E-state index in [4.69, 9.17) is 9.26 Å². The van der Waals surface area contributed by atoms with Crippen LogP contribution in [0.15, 0.2) is 34.9 Å². The van der Waals surface area contributed by atoms with Crippen LogP contribution >= 0.6 is 0 Å². The molecule has 2 atom stereocenters. The highest BCUT2D eigenvalue weighted by molar-refractivity contribution is 5.19. The standard InChI is InChI=1S/C16H21N3O2/c1-2-17-14(12-6-4-3-5-7-12)10-15-18-16(19-21-15)13-8-9-20-11-13/h3-7,13-14,17H,2,8-11H2,1H3. The Labute approximate surface area is 124 Å². The molecule has 3 rings (SSSR count). The summed E-state index contributed by atoms with van der Waals surface area (Å²) in [7, 11) is 0. The number of hydrogen-bond donors (Lipinski definition) is 1. The fraction of sp³-hybridized carbons (Fsp3) is 0.500. The molecule has 0 spiro atoms. The lowest BCUT2D eigenvalue weighted by molar-refractivity contribution is 0.192. The Hall–Kier alpha value is -1.72. The molecular formula is C16H21N3O2. The molecule has 1 aromatic carbocycles. The van der Waals surface area contributed by atoms with Crippen LogP contribution in [-0.2, 0) is 11.2 Å². The summed E-state index contributed by atoms with van der Waals surface area (Å²) < 4.78 is 10.8. The smallest absolute Gasteiger partial charge is 0.228 e. The van der Waals surface area contributed by atoms with Gasteiger partial charge in [0.2, 0.25) is 5.89 Å². The van der Waals surface area contributed by atoms with Crippen molar-refractivity contribution in [1.29, 1.82) is 0 Å². The molecule has 0 amide bonds. The van der Waals surface area contributed by atoms with Crippen molar-refractivity contribution < 1.29 is 9.26 Å². The molecule has 1 aliphatic rings. The first kappa shape index (κ1) is 14.2. The highest BCUT2D eigenvalue weighted by Gasteiger charge is 2.24. The van der Waals surface area contributed by atoms with Gasteiger partial charge in [-0.15, -0.1) is 0 Å². The zero-order chi connectivity index (χ0) is 14.5. The second kappa shape index (κ2) is 6.83. The van der Waals surface area contributed by atoms with Gasteiger partial charge in [-0.1, -0.05) is 42.4 Å². The zero-order valence-corrected chi connectivity index (χ0v) is 12.3. The summed E-state index contributed by atoms with van der Waals surface area (Å²) in [4.78, 5) is 4.54. The maximum atomic E-state index is 5.42. The fourth-order valence-corrected chi connectivity index (χ4v) is 2.67. The molecule has 2 aromatic rings. The van der Waals surface area contributed by atoms with Crippen LogP contribution in [0.25, 0.3) is 0 Å². The number of likely N-dealkylation sites (N-methyl/N-ethyl adjacent to an activating group) is 1. The Morgan fingerprint density at radius 3 is 2.90 bits per heavy atom. The molecule has 1 saturated heterocycles. The Morgan fingerprint density at radius 2 is 2.19 bits per heavy atom. The third-order valence-corrected chi connectivity index (χ3v) is 3.81. The van der Waals surface area contributed by atoms with E-state index < -0.39 is 0 Å². The summed E-state index contributed by atoms with van der Waals surface area (Å²) in [6.45, 7) is 4.49. The predicted octanol–water partition coefficient (Wildman–Crippen LogP) is 2.47. The zero-order valence-electron chi connectivity index (χ0n) is 12.3. The van der Waals surface area contributed by atoms with Crippen LogP contribution < -0.4 is 5.32 Å². The van der Waals surface area contributed by atoms with Crippen molar-refractivity contribution in [1.82, 2.24) is 15.5 Å². The molecule has 112 valence electrons. The minimum absolute atomic E-state index is 0.198. The van der Waals surface area contributed by atoms with E-state index in [1.807, 2.05) is 6.07 Å². The molecule has 0 bridgehead atoms. The minimum Gasteiger partial charge on any atom is -0.381 e. The number of aromatic nitrogens is 2. The Morgan fingerprint density at radius 1 is 1.33 bits per heavy atom. The van der Waals surface area contributed by atoms with Crippen molar-refractivity contribution in [3.8, 4) is 0 Å². The summed E-state index contributed by atoms with van der Waals surface area (Å²) in [5, 5.41) is 7.58. The lowest BCUT2D eigenvalue weighted by Crippen LogP contribution is -2.23. The van der Waals surface area contributed by atoms with Crippen LogP contribution in [0.3, 0.4) is 0 Å². The van der Waals surface area contributed by atoms with E-state index in [2.05, 4.69) is 46.6 Å². The van der Waals surface area contributed by atoms with Gasteiger partial charge in [0.15, 0.2) is 5.82 Å². The van der Waals surface area contributed by atoms with E-state index in [9.17, 15) is 0 Å². The fourth-order valence-electron chi connectivity index (χ4n) is 2.67. The van der Waals surface area contributed by atoms with Gasteiger partial charge in [-0.2, -0.15) is 4.98 Å². The molecule has 21 heavy (non-hydrogen) atoms. The van der Waals surface area contributed by atoms with Crippen molar-refractivity contribution in [3.63, 3.8) is 0 Å². The monoisotopic (exact) mass is 287 g/mol. The minimum atomic E-state index is 0.198. The number of ether oxygens (including phenoxy) is 1. The molecule has 0 aliphatic carbocycles. The summed E-state index contributed by atoms with van der Waals surface area (Å²) in [5.74, 6) is 1.76. The first-order valence-electron chi connectivity index (χ1n) is 7.55. The molecular weight excluding hydrogens is 266 g/mol. The van der Waals surface area contributed by atoms with E-state index >= 15 is 0 Å². The summed E-state index contributed by atoms with van der Waals surface area (Å²) in [6.07, 6.45) is 1.69. The molecule has 2 unspecified atom stereocenters. The van der Waals surface area contributed by atoms with Crippen LogP contribution in [-0.4, -0.2) is 29.9 Å². The maximum absolute atomic E-state index is 5.42. The maximum Gasteiger partial charge on any atom is 0.228 e. The van der Waals surface area contributed by atoms with Crippen LogP contribution in [0.2, 0.25) is 0 Å².